The van der Waals surface area contributed by atoms with E-state index in [0.717, 1.165) is 43.5 Å². The second-order valence-corrected chi connectivity index (χ2v) is 7.80. The quantitative estimate of drug-likeness (QED) is 0.652. The molecule has 1 aliphatic rings. The van der Waals surface area contributed by atoms with Gasteiger partial charge in [0.15, 0.2) is 5.96 Å². The molecule has 5 heteroatoms. The Kier molecular flexibility index (Phi) is 6.19. The van der Waals surface area contributed by atoms with Crippen LogP contribution in [0.4, 0.5) is 0 Å². The van der Waals surface area contributed by atoms with E-state index >= 15 is 0 Å². The summed E-state index contributed by atoms with van der Waals surface area (Å²) in [6, 6.07) is 10.9. The Balaban J connectivity index is 1.59. The van der Waals surface area contributed by atoms with Gasteiger partial charge in [0, 0.05) is 38.2 Å². The van der Waals surface area contributed by atoms with Crippen LogP contribution >= 0.6 is 0 Å². The Morgan fingerprint density at radius 3 is 2.67 bits per heavy atom. The van der Waals surface area contributed by atoms with Crippen LogP contribution in [-0.4, -0.2) is 42.7 Å². The first-order chi connectivity index (χ1) is 13.0. The van der Waals surface area contributed by atoms with Gasteiger partial charge in [-0.2, -0.15) is 0 Å². The van der Waals surface area contributed by atoms with Crippen molar-refractivity contribution in [3.05, 3.63) is 52.9 Å². The molecule has 3 rings (SSSR count). The third-order valence-electron chi connectivity index (χ3n) is 5.79. The van der Waals surface area contributed by atoms with Gasteiger partial charge in [-0.3, -0.25) is 4.99 Å². The smallest absolute Gasteiger partial charge is 0.193 e. The molecule has 0 spiro atoms. The minimum absolute atomic E-state index is 0.326. The molecular weight excluding hydrogens is 336 g/mol. The Morgan fingerprint density at radius 2 is 2.07 bits per heavy atom. The van der Waals surface area contributed by atoms with Crippen LogP contribution in [0.2, 0.25) is 0 Å². The molecule has 0 saturated carbocycles. The van der Waals surface area contributed by atoms with E-state index in [4.69, 9.17) is 4.52 Å². The first-order valence-electron chi connectivity index (χ1n) is 9.94. The van der Waals surface area contributed by atoms with Crippen LogP contribution in [-0.2, 0) is 0 Å². The molecule has 3 atom stereocenters. The Bertz CT molecular complexity index is 748. The fraction of sp³-hybridized carbons (Fsp3) is 0.545. The van der Waals surface area contributed by atoms with Crippen molar-refractivity contribution in [3.8, 4) is 0 Å². The SMILES string of the molecule is CN=C(NCC(C)c1c(C)noc1C)N1CCC(c2ccccc2)C(C)C1. The standard InChI is InChI=1S/C22H32N4O/c1-15(21-17(3)25-27-18(21)4)13-24-22(23-5)26-12-11-20(16(2)14-26)19-9-7-6-8-10-19/h6-10,15-16,20H,11-14H2,1-5H3,(H,23,24). The summed E-state index contributed by atoms with van der Waals surface area (Å²) >= 11 is 0. The first-order valence-corrected chi connectivity index (χ1v) is 9.94. The van der Waals surface area contributed by atoms with E-state index in [0.29, 0.717) is 17.8 Å². The lowest BCUT2D eigenvalue weighted by molar-refractivity contribution is 0.234. The number of aryl methyl sites for hydroxylation is 2. The first kappa shape index (κ1) is 19.5. The summed E-state index contributed by atoms with van der Waals surface area (Å²) < 4.78 is 5.32. The second-order valence-electron chi connectivity index (χ2n) is 7.80. The van der Waals surface area contributed by atoms with E-state index in [-0.39, 0.29) is 0 Å². The average molecular weight is 369 g/mol. The molecule has 1 aromatic heterocycles. The fourth-order valence-corrected chi connectivity index (χ4v) is 4.41. The van der Waals surface area contributed by atoms with Crippen molar-refractivity contribution in [2.24, 2.45) is 10.9 Å². The van der Waals surface area contributed by atoms with Crippen molar-refractivity contribution in [2.45, 2.75) is 46.0 Å². The summed E-state index contributed by atoms with van der Waals surface area (Å²) in [6.45, 7) is 11.4. The molecule has 0 radical (unpaired) electrons. The molecule has 0 aliphatic carbocycles. The number of nitrogens with zero attached hydrogens (tertiary/aromatic N) is 3. The number of nitrogens with one attached hydrogen (secondary N) is 1. The fourth-order valence-electron chi connectivity index (χ4n) is 4.41. The minimum atomic E-state index is 0.326. The van der Waals surface area contributed by atoms with Crippen molar-refractivity contribution in [3.63, 3.8) is 0 Å². The highest BCUT2D eigenvalue weighted by Gasteiger charge is 2.29. The predicted octanol–water partition coefficient (Wildman–Crippen LogP) is 4.10. The highest BCUT2D eigenvalue weighted by atomic mass is 16.5. The van der Waals surface area contributed by atoms with Crippen LogP contribution < -0.4 is 5.32 Å². The van der Waals surface area contributed by atoms with E-state index in [1.807, 2.05) is 20.9 Å². The van der Waals surface area contributed by atoms with Gasteiger partial charge >= 0.3 is 0 Å². The van der Waals surface area contributed by atoms with Gasteiger partial charge in [0.1, 0.15) is 5.76 Å². The van der Waals surface area contributed by atoms with Crippen molar-refractivity contribution in [1.82, 2.24) is 15.4 Å². The monoisotopic (exact) mass is 368 g/mol. The number of piperidine rings is 1. The van der Waals surface area contributed by atoms with Crippen molar-refractivity contribution in [2.75, 3.05) is 26.7 Å². The van der Waals surface area contributed by atoms with Crippen LogP contribution in [0.1, 0.15) is 54.7 Å². The lowest BCUT2D eigenvalue weighted by Crippen LogP contribution is -2.48. The molecule has 1 aromatic carbocycles. The number of likely N-dealkylation sites (tertiary alicyclic amines) is 1. The molecule has 1 N–H and O–H groups in total. The predicted molar refractivity (Wildman–Crippen MR) is 110 cm³/mol. The molecular formula is C22H32N4O. The summed E-state index contributed by atoms with van der Waals surface area (Å²) in [7, 11) is 1.87. The summed E-state index contributed by atoms with van der Waals surface area (Å²) in [5.41, 5.74) is 3.64. The van der Waals surface area contributed by atoms with E-state index in [1.54, 1.807) is 0 Å². The van der Waals surface area contributed by atoms with E-state index in [1.165, 1.54) is 11.1 Å². The van der Waals surface area contributed by atoms with Crippen LogP contribution in [0, 0.1) is 19.8 Å². The molecule has 0 amide bonds. The van der Waals surface area contributed by atoms with Gasteiger partial charge in [0.25, 0.3) is 0 Å². The summed E-state index contributed by atoms with van der Waals surface area (Å²) in [6.07, 6.45) is 1.16. The number of hydrogen-bond donors (Lipinski definition) is 1. The van der Waals surface area contributed by atoms with Gasteiger partial charge in [-0.25, -0.2) is 0 Å². The number of aromatic nitrogens is 1. The second kappa shape index (κ2) is 8.59. The number of guanidine groups is 1. The van der Waals surface area contributed by atoms with E-state index in [2.05, 4.69) is 64.5 Å². The summed E-state index contributed by atoms with van der Waals surface area (Å²) in [5, 5.41) is 7.64. The maximum Gasteiger partial charge on any atom is 0.193 e. The molecule has 27 heavy (non-hydrogen) atoms. The Labute approximate surface area is 162 Å². The maximum absolute atomic E-state index is 5.32. The van der Waals surface area contributed by atoms with Gasteiger partial charge < -0.3 is 14.7 Å². The zero-order valence-electron chi connectivity index (χ0n) is 17.2. The zero-order chi connectivity index (χ0) is 19.4. The van der Waals surface area contributed by atoms with Crippen molar-refractivity contribution < 1.29 is 4.52 Å². The van der Waals surface area contributed by atoms with E-state index < -0.39 is 0 Å². The maximum atomic E-state index is 5.32. The highest BCUT2D eigenvalue weighted by molar-refractivity contribution is 5.80. The van der Waals surface area contributed by atoms with E-state index in [9.17, 15) is 0 Å². The largest absolute Gasteiger partial charge is 0.361 e. The van der Waals surface area contributed by atoms with Gasteiger partial charge in [0.05, 0.1) is 5.69 Å². The number of benzene rings is 1. The average Bonchev–Trinajstić information content (AvgIpc) is 3.01. The van der Waals surface area contributed by atoms with Crippen LogP contribution in [0.3, 0.4) is 0 Å². The van der Waals surface area contributed by atoms with Gasteiger partial charge in [0.2, 0.25) is 0 Å². The molecule has 1 fully saturated rings. The van der Waals surface area contributed by atoms with Crippen LogP contribution in [0.5, 0.6) is 0 Å². The Morgan fingerprint density at radius 1 is 1.33 bits per heavy atom. The molecule has 146 valence electrons. The third-order valence-corrected chi connectivity index (χ3v) is 5.79. The van der Waals surface area contributed by atoms with Gasteiger partial charge in [-0.15, -0.1) is 0 Å². The minimum Gasteiger partial charge on any atom is -0.361 e. The van der Waals surface area contributed by atoms with Crippen LogP contribution in [0.25, 0.3) is 0 Å². The molecule has 0 bridgehead atoms. The number of hydrogen-bond acceptors (Lipinski definition) is 3. The van der Waals surface area contributed by atoms with Crippen LogP contribution in [0.15, 0.2) is 39.8 Å². The topological polar surface area (TPSA) is 53.7 Å². The molecule has 5 nitrogen and oxygen atoms in total. The summed E-state index contributed by atoms with van der Waals surface area (Å²) in [5.74, 6) is 3.45. The van der Waals surface area contributed by atoms with Gasteiger partial charge in [-0.1, -0.05) is 49.3 Å². The van der Waals surface area contributed by atoms with Gasteiger partial charge in [-0.05, 0) is 37.7 Å². The molecule has 2 heterocycles. The lowest BCUT2D eigenvalue weighted by Gasteiger charge is -2.39. The lowest BCUT2D eigenvalue weighted by atomic mass is 9.82. The molecule has 3 unspecified atom stereocenters. The molecule has 1 saturated heterocycles. The summed E-state index contributed by atoms with van der Waals surface area (Å²) in [4.78, 5) is 6.93. The molecule has 1 aliphatic heterocycles. The Hall–Kier alpha value is -2.30. The normalized spacial score (nSPS) is 22.0. The number of rotatable bonds is 4. The van der Waals surface area contributed by atoms with Crippen molar-refractivity contribution in [1.29, 1.82) is 0 Å². The highest BCUT2D eigenvalue weighted by Crippen LogP contribution is 2.32. The molecule has 2 aromatic rings. The third kappa shape index (κ3) is 4.34. The number of aliphatic imine (C=N–C) groups is 1. The van der Waals surface area contributed by atoms with Crippen molar-refractivity contribution >= 4 is 5.96 Å². The zero-order valence-corrected chi connectivity index (χ0v) is 17.2.